The fourth-order valence-electron chi connectivity index (χ4n) is 2.25. The van der Waals surface area contributed by atoms with Gasteiger partial charge in [0.2, 0.25) is 0 Å². The molecule has 5 heteroatoms. The molecule has 0 radical (unpaired) electrons. The Bertz CT molecular complexity index is 347. The van der Waals surface area contributed by atoms with Crippen LogP contribution < -0.4 is 0 Å². The molecule has 1 aromatic rings. The van der Waals surface area contributed by atoms with Gasteiger partial charge in [-0.1, -0.05) is 30.3 Å². The summed E-state index contributed by atoms with van der Waals surface area (Å²) >= 11 is 0. The van der Waals surface area contributed by atoms with Crippen LogP contribution in [0.4, 0.5) is 0 Å². The van der Waals surface area contributed by atoms with Crippen molar-refractivity contribution in [1.29, 1.82) is 0 Å². The van der Waals surface area contributed by atoms with Crippen molar-refractivity contribution in [3.05, 3.63) is 35.9 Å². The van der Waals surface area contributed by atoms with Gasteiger partial charge in [-0.05, 0) is 5.56 Å². The lowest BCUT2D eigenvalue weighted by Gasteiger charge is -2.25. The molecule has 18 heavy (non-hydrogen) atoms. The first-order valence-electron chi connectivity index (χ1n) is 6.11. The highest BCUT2D eigenvalue weighted by Crippen LogP contribution is 2.29. The molecule has 2 rings (SSSR count). The van der Waals surface area contributed by atoms with E-state index < -0.39 is 6.10 Å². The lowest BCUT2D eigenvalue weighted by atomic mass is 10.0. The molecule has 1 saturated heterocycles. The first kappa shape index (κ1) is 13.5. The van der Waals surface area contributed by atoms with Crippen LogP contribution in [-0.2, 0) is 4.84 Å². The summed E-state index contributed by atoms with van der Waals surface area (Å²) in [5, 5.41) is 29.6. The third-order valence-electron chi connectivity index (χ3n) is 3.33. The van der Waals surface area contributed by atoms with Gasteiger partial charge in [-0.25, -0.2) is 0 Å². The van der Waals surface area contributed by atoms with Crippen LogP contribution in [0.2, 0.25) is 0 Å². The van der Waals surface area contributed by atoms with Crippen molar-refractivity contribution in [3.8, 4) is 0 Å². The molecule has 1 fully saturated rings. The minimum atomic E-state index is -0.396. The molecule has 0 unspecified atom stereocenters. The molecular weight excluding hydrogens is 234 g/mol. The third-order valence-corrected chi connectivity index (χ3v) is 3.33. The number of hydrogen-bond donors (Lipinski definition) is 3. The largest absolute Gasteiger partial charge is 0.396 e. The first-order chi connectivity index (χ1) is 8.80. The number of benzene rings is 1. The van der Waals surface area contributed by atoms with Crippen LogP contribution in [0.5, 0.6) is 0 Å². The van der Waals surface area contributed by atoms with Gasteiger partial charge in [0.05, 0.1) is 19.3 Å². The number of hydroxylamine groups is 2. The van der Waals surface area contributed by atoms with E-state index in [1.54, 1.807) is 5.06 Å². The van der Waals surface area contributed by atoms with Gasteiger partial charge in [-0.2, -0.15) is 5.06 Å². The minimum Gasteiger partial charge on any atom is -0.396 e. The normalized spacial score (nSPS) is 26.4. The van der Waals surface area contributed by atoms with E-state index in [-0.39, 0.29) is 31.8 Å². The molecule has 100 valence electrons. The van der Waals surface area contributed by atoms with Gasteiger partial charge in [0.25, 0.3) is 0 Å². The maximum Gasteiger partial charge on any atom is 0.109 e. The number of aliphatic hydroxyl groups is 3. The molecule has 0 spiro atoms. The first-order valence-corrected chi connectivity index (χ1v) is 6.11. The Kier molecular flexibility index (Phi) is 4.68. The summed E-state index contributed by atoms with van der Waals surface area (Å²) in [7, 11) is 0. The molecule has 0 bridgehead atoms. The standard InChI is InChI=1S/C13H19NO4/c15-7-11-6-14(18-13(11)9-17)12(8-16)10-4-2-1-3-5-10/h1-5,11-13,15-17H,6-9H2/t11-,12+,13+/m1/s1. The van der Waals surface area contributed by atoms with Gasteiger partial charge in [0, 0.05) is 19.1 Å². The quantitative estimate of drug-likeness (QED) is 0.685. The number of aliphatic hydroxyl groups excluding tert-OH is 3. The number of rotatable bonds is 5. The smallest absolute Gasteiger partial charge is 0.109 e. The highest BCUT2D eigenvalue weighted by molar-refractivity contribution is 5.19. The Morgan fingerprint density at radius 3 is 2.39 bits per heavy atom. The van der Waals surface area contributed by atoms with E-state index in [2.05, 4.69) is 0 Å². The zero-order valence-electron chi connectivity index (χ0n) is 10.1. The summed E-state index contributed by atoms with van der Waals surface area (Å²) in [4.78, 5) is 5.58. The van der Waals surface area contributed by atoms with Crippen molar-refractivity contribution in [2.24, 2.45) is 5.92 Å². The van der Waals surface area contributed by atoms with Gasteiger partial charge >= 0.3 is 0 Å². The lowest BCUT2D eigenvalue weighted by molar-refractivity contribution is -0.190. The van der Waals surface area contributed by atoms with Crippen molar-refractivity contribution in [2.75, 3.05) is 26.4 Å². The second kappa shape index (κ2) is 6.26. The van der Waals surface area contributed by atoms with Crippen LogP contribution in [0.15, 0.2) is 30.3 Å². The predicted octanol–water partition coefficient (Wildman–Crippen LogP) is -0.0634. The molecule has 3 N–H and O–H groups in total. The molecule has 0 aromatic heterocycles. The zero-order valence-corrected chi connectivity index (χ0v) is 10.1. The van der Waals surface area contributed by atoms with Gasteiger partial charge in [-0.15, -0.1) is 0 Å². The van der Waals surface area contributed by atoms with Gasteiger partial charge in [0.15, 0.2) is 0 Å². The monoisotopic (exact) mass is 253 g/mol. The Balaban J connectivity index is 2.11. The van der Waals surface area contributed by atoms with E-state index in [9.17, 15) is 15.3 Å². The summed E-state index contributed by atoms with van der Waals surface area (Å²) in [6, 6.07) is 9.30. The Hall–Kier alpha value is -0.980. The molecule has 1 aromatic carbocycles. The summed E-state index contributed by atoms with van der Waals surface area (Å²) in [5.41, 5.74) is 0.954. The summed E-state index contributed by atoms with van der Waals surface area (Å²) in [6.45, 7) is 0.269. The van der Waals surface area contributed by atoms with Crippen molar-refractivity contribution in [2.45, 2.75) is 12.1 Å². The Labute approximate surface area is 106 Å². The second-order valence-corrected chi connectivity index (χ2v) is 4.48. The predicted molar refractivity (Wildman–Crippen MR) is 65.5 cm³/mol. The van der Waals surface area contributed by atoms with Crippen LogP contribution >= 0.6 is 0 Å². The average Bonchev–Trinajstić information content (AvgIpc) is 2.84. The molecule has 5 nitrogen and oxygen atoms in total. The van der Waals surface area contributed by atoms with Gasteiger partial charge in [0.1, 0.15) is 6.10 Å². The number of nitrogens with zero attached hydrogens (tertiary/aromatic N) is 1. The summed E-state index contributed by atoms with van der Waals surface area (Å²) in [6.07, 6.45) is -0.396. The van der Waals surface area contributed by atoms with E-state index >= 15 is 0 Å². The highest BCUT2D eigenvalue weighted by Gasteiger charge is 2.37. The topological polar surface area (TPSA) is 73.2 Å². The Morgan fingerprint density at radius 2 is 1.89 bits per heavy atom. The van der Waals surface area contributed by atoms with Crippen LogP contribution in [0.1, 0.15) is 11.6 Å². The molecule has 1 aliphatic rings. The molecular formula is C13H19NO4. The van der Waals surface area contributed by atoms with Gasteiger partial charge in [-0.3, -0.25) is 4.84 Å². The molecule has 0 amide bonds. The van der Waals surface area contributed by atoms with Crippen molar-refractivity contribution in [1.82, 2.24) is 5.06 Å². The maximum atomic E-state index is 9.51. The van der Waals surface area contributed by atoms with E-state index in [4.69, 9.17) is 4.84 Å². The number of hydrogen-bond acceptors (Lipinski definition) is 5. The molecule has 3 atom stereocenters. The fraction of sp³-hybridized carbons (Fsp3) is 0.538. The summed E-state index contributed by atoms with van der Waals surface area (Å²) < 4.78 is 0. The van der Waals surface area contributed by atoms with Crippen LogP contribution in [0, 0.1) is 5.92 Å². The molecule has 0 saturated carbocycles. The van der Waals surface area contributed by atoms with Crippen molar-refractivity contribution in [3.63, 3.8) is 0 Å². The van der Waals surface area contributed by atoms with Crippen molar-refractivity contribution >= 4 is 0 Å². The maximum absolute atomic E-state index is 9.51. The second-order valence-electron chi connectivity index (χ2n) is 4.48. The zero-order chi connectivity index (χ0) is 13.0. The lowest BCUT2D eigenvalue weighted by Crippen LogP contribution is -2.28. The van der Waals surface area contributed by atoms with E-state index in [1.165, 1.54) is 0 Å². The van der Waals surface area contributed by atoms with Crippen molar-refractivity contribution < 1.29 is 20.2 Å². The minimum absolute atomic E-state index is 0.0331. The highest BCUT2D eigenvalue weighted by atomic mass is 16.7. The Morgan fingerprint density at radius 1 is 1.17 bits per heavy atom. The van der Waals surface area contributed by atoms with Crippen LogP contribution in [0.3, 0.4) is 0 Å². The van der Waals surface area contributed by atoms with Crippen LogP contribution in [-0.4, -0.2) is 52.9 Å². The van der Waals surface area contributed by atoms with E-state index in [1.807, 2.05) is 30.3 Å². The van der Waals surface area contributed by atoms with E-state index in [0.29, 0.717) is 6.54 Å². The third kappa shape index (κ3) is 2.71. The van der Waals surface area contributed by atoms with Gasteiger partial charge < -0.3 is 15.3 Å². The van der Waals surface area contributed by atoms with E-state index in [0.717, 1.165) is 5.56 Å². The fourth-order valence-corrected chi connectivity index (χ4v) is 2.25. The molecule has 1 heterocycles. The molecule has 0 aliphatic carbocycles. The summed E-state index contributed by atoms with van der Waals surface area (Å²) in [5.74, 6) is -0.118. The van der Waals surface area contributed by atoms with Crippen LogP contribution in [0.25, 0.3) is 0 Å². The molecule has 1 aliphatic heterocycles. The average molecular weight is 253 g/mol. The SMILES string of the molecule is OC[C@H]1CN([C@@H](CO)c2ccccc2)O[C@H]1CO.